The largest absolute Gasteiger partial charge is 0.354 e. The second kappa shape index (κ2) is 9.70. The van der Waals surface area contributed by atoms with Crippen molar-refractivity contribution in [2.75, 3.05) is 18.4 Å². The van der Waals surface area contributed by atoms with Crippen LogP contribution in [0.4, 0.5) is 5.69 Å². The van der Waals surface area contributed by atoms with Gasteiger partial charge in [0.2, 0.25) is 11.8 Å². The summed E-state index contributed by atoms with van der Waals surface area (Å²) in [5, 5.41) is 8.28. The van der Waals surface area contributed by atoms with E-state index in [-0.39, 0.29) is 23.6 Å². The fourth-order valence-corrected chi connectivity index (χ4v) is 1.91. The first-order valence-electron chi connectivity index (χ1n) is 8.25. The van der Waals surface area contributed by atoms with E-state index in [1.165, 1.54) is 0 Å². The third kappa shape index (κ3) is 7.26. The third-order valence-electron chi connectivity index (χ3n) is 3.27. The minimum atomic E-state index is -0.213. The molecule has 0 radical (unpaired) electrons. The molecule has 0 unspecified atom stereocenters. The van der Waals surface area contributed by atoms with Crippen LogP contribution in [0.15, 0.2) is 24.3 Å². The lowest BCUT2D eigenvalue weighted by Gasteiger charge is -2.10. The van der Waals surface area contributed by atoms with Crippen LogP contribution in [0.3, 0.4) is 0 Å². The summed E-state index contributed by atoms with van der Waals surface area (Å²) >= 11 is 0. The van der Waals surface area contributed by atoms with Crippen molar-refractivity contribution in [3.63, 3.8) is 0 Å². The normalized spacial score (nSPS) is 10.6. The van der Waals surface area contributed by atoms with E-state index in [4.69, 9.17) is 0 Å². The van der Waals surface area contributed by atoms with E-state index in [1.807, 2.05) is 27.7 Å². The van der Waals surface area contributed by atoms with Gasteiger partial charge < -0.3 is 16.0 Å². The zero-order chi connectivity index (χ0) is 18.1. The number of hydrogen-bond donors (Lipinski definition) is 3. The van der Waals surface area contributed by atoms with Gasteiger partial charge in [0, 0.05) is 36.7 Å². The molecule has 0 aromatic heterocycles. The maximum Gasteiger partial charge on any atom is 0.251 e. The summed E-state index contributed by atoms with van der Waals surface area (Å²) in [5.74, 6) is -0.0724. The number of carbonyl (C=O) groups excluding carboxylic acids is 3. The molecule has 132 valence electrons. The molecule has 24 heavy (non-hydrogen) atoms. The summed E-state index contributed by atoms with van der Waals surface area (Å²) < 4.78 is 0. The van der Waals surface area contributed by atoms with Crippen LogP contribution in [-0.4, -0.2) is 30.8 Å². The second-order valence-corrected chi connectivity index (χ2v) is 6.43. The summed E-state index contributed by atoms with van der Waals surface area (Å²) in [4.78, 5) is 35.1. The second-order valence-electron chi connectivity index (χ2n) is 6.43. The molecule has 0 saturated heterocycles. The molecule has 0 aliphatic heterocycles. The van der Waals surface area contributed by atoms with Crippen LogP contribution in [-0.2, 0) is 9.59 Å². The Hall–Kier alpha value is -2.37. The van der Waals surface area contributed by atoms with Gasteiger partial charge in [-0.1, -0.05) is 27.7 Å². The Morgan fingerprint density at radius 2 is 1.50 bits per heavy atom. The van der Waals surface area contributed by atoms with Crippen molar-refractivity contribution in [2.45, 2.75) is 34.1 Å². The van der Waals surface area contributed by atoms with Crippen molar-refractivity contribution in [3.8, 4) is 0 Å². The highest BCUT2D eigenvalue weighted by Crippen LogP contribution is 2.11. The zero-order valence-electron chi connectivity index (χ0n) is 14.8. The molecule has 1 rings (SSSR count). The lowest BCUT2D eigenvalue weighted by Crippen LogP contribution is -2.35. The van der Waals surface area contributed by atoms with Gasteiger partial charge in [0.15, 0.2) is 0 Å². The molecule has 0 heterocycles. The van der Waals surface area contributed by atoms with Gasteiger partial charge in [-0.05, 0) is 30.2 Å². The highest BCUT2D eigenvalue weighted by molar-refractivity contribution is 5.96. The number of nitrogens with one attached hydrogen (secondary N) is 3. The van der Waals surface area contributed by atoms with Crippen LogP contribution in [0.5, 0.6) is 0 Å². The van der Waals surface area contributed by atoms with Crippen LogP contribution in [0.2, 0.25) is 0 Å². The van der Waals surface area contributed by atoms with Crippen LogP contribution < -0.4 is 16.0 Å². The van der Waals surface area contributed by atoms with E-state index in [9.17, 15) is 14.4 Å². The van der Waals surface area contributed by atoms with E-state index in [0.717, 1.165) is 0 Å². The van der Waals surface area contributed by atoms with Crippen molar-refractivity contribution < 1.29 is 14.4 Å². The molecule has 6 nitrogen and oxygen atoms in total. The molecule has 0 bridgehead atoms. The standard InChI is InChI=1S/C18H27N3O3/c1-12(2)11-16(22)19-9-10-20-18(24)14-5-7-15(8-6-14)21-17(23)13(3)4/h5-8,12-13H,9-11H2,1-4H3,(H,19,22)(H,20,24)(H,21,23). The first kappa shape index (κ1) is 19.7. The van der Waals surface area contributed by atoms with Crippen molar-refractivity contribution in [1.29, 1.82) is 0 Å². The summed E-state index contributed by atoms with van der Waals surface area (Å²) in [6.07, 6.45) is 0.484. The molecule has 0 fully saturated rings. The molecule has 3 N–H and O–H groups in total. The number of hydrogen-bond acceptors (Lipinski definition) is 3. The number of amides is 3. The average molecular weight is 333 g/mol. The summed E-state index contributed by atoms with van der Waals surface area (Å²) in [6.45, 7) is 8.37. The molecular formula is C18H27N3O3. The number of benzene rings is 1. The first-order valence-corrected chi connectivity index (χ1v) is 8.25. The number of rotatable bonds is 8. The lowest BCUT2D eigenvalue weighted by atomic mass is 10.1. The Bertz CT molecular complexity index is 565. The molecule has 0 spiro atoms. The van der Waals surface area contributed by atoms with Gasteiger partial charge in [0.1, 0.15) is 0 Å². The van der Waals surface area contributed by atoms with E-state index < -0.39 is 0 Å². The van der Waals surface area contributed by atoms with Gasteiger partial charge >= 0.3 is 0 Å². The summed E-state index contributed by atoms with van der Waals surface area (Å²) in [5.41, 5.74) is 1.16. The van der Waals surface area contributed by atoms with Gasteiger partial charge in [-0.3, -0.25) is 14.4 Å². The van der Waals surface area contributed by atoms with Gasteiger partial charge in [-0.15, -0.1) is 0 Å². The molecule has 1 aromatic carbocycles. The average Bonchev–Trinajstić information content (AvgIpc) is 2.51. The fraction of sp³-hybridized carbons (Fsp3) is 0.500. The van der Waals surface area contributed by atoms with Crippen molar-refractivity contribution >= 4 is 23.4 Å². The zero-order valence-corrected chi connectivity index (χ0v) is 14.8. The van der Waals surface area contributed by atoms with Crippen molar-refractivity contribution in [1.82, 2.24) is 10.6 Å². The maximum atomic E-state index is 12.0. The first-order chi connectivity index (χ1) is 11.3. The molecule has 0 atom stereocenters. The maximum absolute atomic E-state index is 12.0. The van der Waals surface area contributed by atoms with Gasteiger partial charge in [0.25, 0.3) is 5.91 Å². The highest BCUT2D eigenvalue weighted by atomic mass is 16.2. The Morgan fingerprint density at radius 1 is 0.917 bits per heavy atom. The molecule has 1 aromatic rings. The van der Waals surface area contributed by atoms with Crippen molar-refractivity contribution in [3.05, 3.63) is 29.8 Å². The highest BCUT2D eigenvalue weighted by Gasteiger charge is 2.09. The lowest BCUT2D eigenvalue weighted by molar-refractivity contribution is -0.121. The minimum Gasteiger partial charge on any atom is -0.354 e. The Labute approximate surface area is 143 Å². The van der Waals surface area contributed by atoms with Crippen molar-refractivity contribution in [2.24, 2.45) is 11.8 Å². The quantitative estimate of drug-likeness (QED) is 0.637. The molecule has 0 aliphatic carbocycles. The molecular weight excluding hydrogens is 306 g/mol. The van der Waals surface area contributed by atoms with Crippen LogP contribution in [0.1, 0.15) is 44.5 Å². The van der Waals surface area contributed by atoms with E-state index >= 15 is 0 Å². The topological polar surface area (TPSA) is 87.3 Å². The molecule has 0 saturated carbocycles. The van der Waals surface area contributed by atoms with E-state index in [2.05, 4.69) is 16.0 Å². The molecule has 3 amide bonds. The van der Waals surface area contributed by atoms with Gasteiger partial charge in [0.05, 0.1) is 0 Å². The predicted octanol–water partition coefficient (Wildman–Crippen LogP) is 2.17. The number of carbonyl (C=O) groups is 3. The SMILES string of the molecule is CC(C)CC(=O)NCCNC(=O)c1ccc(NC(=O)C(C)C)cc1. The predicted molar refractivity (Wildman–Crippen MR) is 94.7 cm³/mol. The Balaban J connectivity index is 2.38. The monoisotopic (exact) mass is 333 g/mol. The smallest absolute Gasteiger partial charge is 0.251 e. The third-order valence-corrected chi connectivity index (χ3v) is 3.27. The van der Waals surface area contributed by atoms with Gasteiger partial charge in [-0.2, -0.15) is 0 Å². The Morgan fingerprint density at radius 3 is 2.04 bits per heavy atom. The van der Waals surface area contributed by atoms with Crippen LogP contribution in [0.25, 0.3) is 0 Å². The summed E-state index contributed by atoms with van der Waals surface area (Å²) in [7, 11) is 0. The van der Waals surface area contributed by atoms with Gasteiger partial charge in [-0.25, -0.2) is 0 Å². The van der Waals surface area contributed by atoms with Crippen LogP contribution >= 0.6 is 0 Å². The Kier molecular flexibility index (Phi) is 7.95. The number of anilines is 1. The molecule has 0 aliphatic rings. The molecule has 6 heteroatoms. The van der Waals surface area contributed by atoms with E-state index in [0.29, 0.717) is 36.7 Å². The van der Waals surface area contributed by atoms with Crippen LogP contribution in [0, 0.1) is 11.8 Å². The fourth-order valence-electron chi connectivity index (χ4n) is 1.91. The van der Waals surface area contributed by atoms with E-state index in [1.54, 1.807) is 24.3 Å². The summed E-state index contributed by atoms with van der Waals surface area (Å²) in [6, 6.07) is 6.70. The minimum absolute atomic E-state index is 0.00973.